The van der Waals surface area contributed by atoms with Crippen LogP contribution in [0.25, 0.3) is 0 Å². The van der Waals surface area contributed by atoms with Crippen molar-refractivity contribution in [1.29, 1.82) is 0 Å². The highest BCUT2D eigenvalue weighted by Gasteiger charge is 2.51. The number of quaternary nitrogens is 2. The van der Waals surface area contributed by atoms with E-state index >= 15 is 0 Å². The van der Waals surface area contributed by atoms with Gasteiger partial charge in [-0.1, -0.05) is 148 Å². The number of hydrogen-bond donors (Lipinski definition) is 2. The van der Waals surface area contributed by atoms with Gasteiger partial charge in [-0.25, -0.2) is 9.59 Å². The van der Waals surface area contributed by atoms with Gasteiger partial charge < -0.3 is 47.6 Å². The molecule has 428 valence electrons. The van der Waals surface area contributed by atoms with Gasteiger partial charge in [-0.2, -0.15) is 0 Å². The number of carboxylic acid groups (broad SMARTS) is 2. The highest BCUT2D eigenvalue weighted by Crippen LogP contribution is 2.55. The van der Waals surface area contributed by atoms with Crippen LogP contribution >= 0.6 is 0 Å². The van der Waals surface area contributed by atoms with Gasteiger partial charge in [0.05, 0.1) is 61.2 Å². The monoisotopic (exact) mass is 1080 g/mol. The van der Waals surface area contributed by atoms with Crippen molar-refractivity contribution in [2.24, 2.45) is 0 Å². The molecule has 2 N–H and O–H groups in total. The number of hydrogen-bond acceptors (Lipinski definition) is 8. The molecular formula is C66H96N2O10+2. The second-order valence-electron chi connectivity index (χ2n) is 23.3. The molecule has 6 atom stereocenters. The molecule has 0 spiro atoms. The van der Waals surface area contributed by atoms with Crippen LogP contribution < -0.4 is 28.4 Å². The Morgan fingerprint density at radius 3 is 1.50 bits per heavy atom. The molecule has 78 heavy (non-hydrogen) atoms. The molecule has 4 aromatic carbocycles. The first-order valence-electron chi connectivity index (χ1n) is 30.1. The smallest absolute Gasteiger partial charge is 0.362 e. The minimum atomic E-state index is -0.808. The minimum Gasteiger partial charge on any atom is -0.493 e. The van der Waals surface area contributed by atoms with E-state index in [1.54, 1.807) is 28.4 Å². The van der Waals surface area contributed by atoms with E-state index in [1.165, 1.54) is 89.9 Å². The Balaban J connectivity index is 1.32. The van der Waals surface area contributed by atoms with Crippen molar-refractivity contribution in [2.75, 3.05) is 55.6 Å². The first-order chi connectivity index (χ1) is 37.8. The zero-order chi connectivity index (χ0) is 55.7. The molecule has 4 aliphatic heterocycles. The van der Waals surface area contributed by atoms with Crippen LogP contribution in [-0.4, -0.2) is 98.8 Å². The van der Waals surface area contributed by atoms with Crippen LogP contribution in [-0.2, 0) is 35.3 Å². The Bertz CT molecular complexity index is 2560. The third kappa shape index (κ3) is 14.5. The Morgan fingerprint density at radius 1 is 0.526 bits per heavy atom. The number of nitrogens with zero attached hydrogens (tertiary/aromatic N) is 2. The van der Waals surface area contributed by atoms with Gasteiger partial charge >= 0.3 is 11.9 Å². The van der Waals surface area contributed by atoms with Gasteiger partial charge in [0, 0.05) is 44.1 Å². The summed E-state index contributed by atoms with van der Waals surface area (Å²) in [5.74, 6) is 2.59. The third-order valence-corrected chi connectivity index (χ3v) is 18.1. The van der Waals surface area contributed by atoms with E-state index in [4.69, 9.17) is 28.4 Å². The highest BCUT2D eigenvalue weighted by molar-refractivity contribution is 5.73. The number of rotatable bonds is 30. The van der Waals surface area contributed by atoms with Crippen molar-refractivity contribution < 1.29 is 57.2 Å². The zero-order valence-corrected chi connectivity index (χ0v) is 48.9. The van der Waals surface area contributed by atoms with Gasteiger partial charge in [0.1, 0.15) is 17.8 Å². The molecule has 4 aliphatic rings. The minimum absolute atomic E-state index is 0.240. The van der Waals surface area contributed by atoms with Crippen LogP contribution in [0.2, 0.25) is 0 Å². The van der Waals surface area contributed by atoms with Crippen molar-refractivity contribution in [1.82, 2.24) is 0 Å². The van der Waals surface area contributed by atoms with Crippen molar-refractivity contribution in [2.45, 2.75) is 205 Å². The largest absolute Gasteiger partial charge is 0.493 e. The summed E-state index contributed by atoms with van der Waals surface area (Å²) in [4.78, 5) is 27.6. The van der Waals surface area contributed by atoms with Crippen molar-refractivity contribution in [3.8, 4) is 46.0 Å². The number of aliphatic carboxylic acids is 2. The predicted molar refractivity (Wildman–Crippen MR) is 310 cm³/mol. The Hall–Kier alpha value is -5.46. The fourth-order valence-electron chi connectivity index (χ4n) is 13.4. The first-order valence-corrected chi connectivity index (χ1v) is 30.1. The second kappa shape index (κ2) is 29.1. The van der Waals surface area contributed by atoms with Crippen LogP contribution in [0.5, 0.6) is 46.0 Å². The summed E-state index contributed by atoms with van der Waals surface area (Å²) in [7, 11) is 10.8. The second-order valence-corrected chi connectivity index (χ2v) is 23.3. The molecule has 0 radical (unpaired) electrons. The van der Waals surface area contributed by atoms with Crippen molar-refractivity contribution in [3.63, 3.8) is 0 Å². The van der Waals surface area contributed by atoms with E-state index in [2.05, 4.69) is 52.2 Å². The van der Waals surface area contributed by atoms with Crippen LogP contribution in [0, 0.1) is 0 Å². The molecular weight excluding hydrogens is 981 g/mol. The number of benzene rings is 4. The molecule has 6 unspecified atom stereocenters. The average Bonchev–Trinajstić information content (AvgIpc) is 3.43. The predicted octanol–water partition coefficient (Wildman–Crippen LogP) is 15.7. The molecule has 0 fully saturated rings. The van der Waals surface area contributed by atoms with Crippen molar-refractivity contribution >= 4 is 11.9 Å². The molecule has 0 saturated heterocycles. The van der Waals surface area contributed by atoms with Crippen LogP contribution in [0.3, 0.4) is 0 Å². The van der Waals surface area contributed by atoms with Gasteiger partial charge in [0.2, 0.25) is 5.75 Å². The standard InChI is InChI=1S/C66H94N2O10/c1-9-11-13-15-17-19-21-23-25-27-29-53(65(69)70)67(3)39-37-49-44-58(74-6)60-46-52(49)55(67)41-47-31-34-51(35-32-47)77-59-43-48(33-36-57(59)73-5)42-56-62-50(45-61(75-7)63(76-8)64(62)78-60)38-40-68(56,4)54(66(71)72)30-28-26-24-22-20-18-16-14-12-10-2/h31-36,43-46,53-56H,9-30,37-42H2,1-8H3/p+2. The zero-order valence-electron chi connectivity index (χ0n) is 48.9. The summed E-state index contributed by atoms with van der Waals surface area (Å²) in [6.45, 7) is 5.73. The highest BCUT2D eigenvalue weighted by atomic mass is 16.5. The summed E-state index contributed by atoms with van der Waals surface area (Å²) in [6, 6.07) is 18.3. The van der Waals surface area contributed by atoms with E-state index in [-0.39, 0.29) is 10.5 Å². The molecule has 6 bridgehead atoms. The maximum absolute atomic E-state index is 13.9. The Labute approximate surface area is 467 Å². The van der Waals surface area contributed by atoms with Crippen LogP contribution in [0.15, 0.2) is 60.7 Å². The topological polar surface area (TPSA) is 130 Å². The van der Waals surface area contributed by atoms with E-state index in [0.29, 0.717) is 102 Å². The molecule has 4 aromatic rings. The number of likely N-dealkylation sites (N-methyl/N-ethyl adjacent to an activating group) is 2. The van der Waals surface area contributed by atoms with E-state index in [9.17, 15) is 19.8 Å². The number of carboxylic acids is 2. The van der Waals surface area contributed by atoms with Gasteiger partial charge in [0.15, 0.2) is 46.6 Å². The number of methoxy groups -OCH3 is 4. The molecule has 8 rings (SSSR count). The lowest BCUT2D eigenvalue weighted by molar-refractivity contribution is -0.956. The lowest BCUT2D eigenvalue weighted by atomic mass is 9.83. The number of carbonyl (C=O) groups is 2. The molecule has 12 nitrogen and oxygen atoms in total. The average molecular weight is 1080 g/mol. The van der Waals surface area contributed by atoms with Crippen molar-refractivity contribution in [3.05, 3.63) is 94.0 Å². The fourth-order valence-corrected chi connectivity index (χ4v) is 13.4. The van der Waals surface area contributed by atoms with Crippen LogP contribution in [0.1, 0.15) is 201 Å². The maximum Gasteiger partial charge on any atom is 0.362 e. The summed E-state index contributed by atoms with van der Waals surface area (Å²) >= 11 is 0. The molecule has 0 saturated carbocycles. The molecule has 4 heterocycles. The van der Waals surface area contributed by atoms with Gasteiger partial charge in [-0.15, -0.1) is 0 Å². The quantitative estimate of drug-likeness (QED) is 0.0384. The normalized spacial score (nSPS) is 20.3. The third-order valence-electron chi connectivity index (χ3n) is 18.1. The Kier molecular flexibility index (Phi) is 22.5. The van der Waals surface area contributed by atoms with Gasteiger partial charge in [0.25, 0.3) is 0 Å². The summed E-state index contributed by atoms with van der Waals surface area (Å²) in [6.07, 6.45) is 27.0. The van der Waals surface area contributed by atoms with E-state index < -0.39 is 30.1 Å². The SMILES string of the molecule is CCCCCCCCCCCCC(C(=O)O)[N+]1(C)CCc2cc(OC)c3cc2C1Cc1ccc(cc1)Oc1cc(ccc1OC)CC1c2c(cc(OC)c(OC)c2O3)CC[N+]1(C)C(CCCCCCCCCCCC)C(=O)O. The molecule has 12 heteroatoms. The van der Waals surface area contributed by atoms with E-state index in [1.807, 2.05) is 36.4 Å². The van der Waals surface area contributed by atoms with E-state index in [0.717, 1.165) is 71.9 Å². The molecule has 0 amide bonds. The lowest BCUT2D eigenvalue weighted by Gasteiger charge is -2.49. The summed E-state index contributed by atoms with van der Waals surface area (Å²) in [5, 5.41) is 22.6. The fraction of sp³-hybridized carbons (Fsp3) is 0.606. The molecule has 0 aromatic heterocycles. The Morgan fingerprint density at radius 2 is 0.987 bits per heavy atom. The van der Waals surface area contributed by atoms with Gasteiger partial charge in [-0.05, 0) is 77.6 Å². The first kappa shape index (κ1) is 60.2. The number of fused-ring (bicyclic) bond motifs is 2. The maximum atomic E-state index is 13.9. The number of ether oxygens (including phenoxy) is 6. The van der Waals surface area contributed by atoms with Gasteiger partial charge in [-0.3, -0.25) is 0 Å². The summed E-state index contributed by atoms with van der Waals surface area (Å²) in [5.41, 5.74) is 5.99. The summed E-state index contributed by atoms with van der Waals surface area (Å²) < 4.78 is 39.3. The van der Waals surface area contributed by atoms with Crippen LogP contribution in [0.4, 0.5) is 0 Å². The lowest BCUT2D eigenvalue weighted by Crippen LogP contribution is -2.61. The molecule has 0 aliphatic carbocycles. The number of unbranched alkanes of at least 4 members (excludes halogenated alkanes) is 18.